The Morgan fingerprint density at radius 3 is 2.33 bits per heavy atom. The molecule has 13 heteroatoms. The van der Waals surface area contributed by atoms with Crippen molar-refractivity contribution in [2.24, 2.45) is 0 Å². The normalized spacial score (nSPS) is 11.2. The first kappa shape index (κ1) is 27.4. The molecule has 39 heavy (non-hydrogen) atoms. The molecule has 4 rings (SSSR count). The minimum absolute atomic E-state index is 0.0248. The lowest BCUT2D eigenvalue weighted by Gasteiger charge is -2.10. The number of ether oxygens (including phenoxy) is 3. The van der Waals surface area contributed by atoms with E-state index in [0.29, 0.717) is 17.4 Å². The van der Waals surface area contributed by atoms with Crippen molar-refractivity contribution < 1.29 is 27.4 Å². The third kappa shape index (κ3) is 7.02. The molecule has 0 unspecified atom stereocenters. The summed E-state index contributed by atoms with van der Waals surface area (Å²) in [5.74, 6) is 0.782. The van der Waals surface area contributed by atoms with Crippen molar-refractivity contribution in [1.82, 2.24) is 19.7 Å². The molecule has 12 nitrogen and oxygen atoms in total. The predicted molar refractivity (Wildman–Crippen MR) is 144 cm³/mol. The summed E-state index contributed by atoms with van der Waals surface area (Å²) in [5.41, 5.74) is 1.79. The quantitative estimate of drug-likeness (QED) is 0.283. The lowest BCUT2D eigenvalue weighted by molar-refractivity contribution is 0.102. The van der Waals surface area contributed by atoms with Crippen molar-refractivity contribution in [3.63, 3.8) is 0 Å². The molecule has 2 heterocycles. The number of amides is 1. The minimum Gasteiger partial charge on any atom is -0.481 e. The summed E-state index contributed by atoms with van der Waals surface area (Å²) in [6.07, 6.45) is 1.63. The zero-order valence-electron chi connectivity index (χ0n) is 21.8. The predicted octanol–water partition coefficient (Wildman–Crippen LogP) is 3.90. The number of benzene rings is 2. The van der Waals surface area contributed by atoms with Gasteiger partial charge in [-0.3, -0.25) is 9.52 Å². The van der Waals surface area contributed by atoms with Crippen molar-refractivity contribution in [1.29, 1.82) is 0 Å². The monoisotopic (exact) mass is 552 g/mol. The Kier molecular flexibility index (Phi) is 8.30. The molecule has 0 fully saturated rings. The number of rotatable bonds is 11. The molecule has 4 aromatic rings. The van der Waals surface area contributed by atoms with Crippen LogP contribution in [0.3, 0.4) is 0 Å². The summed E-state index contributed by atoms with van der Waals surface area (Å²) in [6, 6.07) is 16.3. The van der Waals surface area contributed by atoms with E-state index >= 15 is 0 Å². The van der Waals surface area contributed by atoms with Gasteiger partial charge in [0, 0.05) is 18.0 Å². The van der Waals surface area contributed by atoms with E-state index in [-0.39, 0.29) is 35.0 Å². The van der Waals surface area contributed by atoms with Gasteiger partial charge >= 0.3 is 6.01 Å². The van der Waals surface area contributed by atoms with Gasteiger partial charge in [0.15, 0.2) is 18.2 Å². The van der Waals surface area contributed by atoms with Crippen LogP contribution in [0.4, 0.5) is 11.5 Å². The molecular formula is C26H28N6O6S. The van der Waals surface area contributed by atoms with Crippen LogP contribution in [0.25, 0.3) is 0 Å². The first-order valence-electron chi connectivity index (χ1n) is 11.8. The van der Waals surface area contributed by atoms with E-state index in [2.05, 4.69) is 39.0 Å². The number of carbonyl (C=O) groups excluding carboxylic acids is 1. The molecule has 1 amide bonds. The van der Waals surface area contributed by atoms with Crippen molar-refractivity contribution in [3.8, 4) is 17.6 Å². The maximum Gasteiger partial charge on any atom is 0.321 e. The number of hydrogen-bond acceptors (Lipinski definition) is 9. The molecule has 0 atom stereocenters. The molecule has 0 radical (unpaired) electrons. The van der Waals surface area contributed by atoms with Crippen LogP contribution in [0.2, 0.25) is 0 Å². The molecule has 2 aromatic heterocycles. The Bertz CT molecular complexity index is 1510. The Morgan fingerprint density at radius 2 is 1.69 bits per heavy atom. The van der Waals surface area contributed by atoms with Gasteiger partial charge in [0.2, 0.25) is 5.88 Å². The number of aromatic nitrogens is 4. The number of hydrogen-bond donors (Lipinski definition) is 2. The SMILES string of the molecule is COc1cc(NS(=O)(=O)c2ccc(NC(=O)c3ccn(COc4ccc(C(C)C)cc4)n3)cc2)nc(OC)n1. The molecule has 0 aliphatic rings. The highest BCUT2D eigenvalue weighted by atomic mass is 32.2. The number of anilines is 2. The van der Waals surface area contributed by atoms with Crippen molar-refractivity contribution in [2.75, 3.05) is 24.3 Å². The highest BCUT2D eigenvalue weighted by Crippen LogP contribution is 2.22. The lowest BCUT2D eigenvalue weighted by atomic mass is 10.0. The fourth-order valence-corrected chi connectivity index (χ4v) is 4.40. The van der Waals surface area contributed by atoms with Gasteiger partial charge in [-0.15, -0.1) is 0 Å². The fraction of sp³-hybridized carbons (Fsp3) is 0.231. The number of methoxy groups -OCH3 is 2. The lowest BCUT2D eigenvalue weighted by Crippen LogP contribution is -2.16. The fourth-order valence-electron chi connectivity index (χ4n) is 3.41. The Labute approximate surface area is 226 Å². The van der Waals surface area contributed by atoms with Crippen LogP contribution >= 0.6 is 0 Å². The van der Waals surface area contributed by atoms with Crippen LogP contribution < -0.4 is 24.2 Å². The van der Waals surface area contributed by atoms with Crippen LogP contribution in [0.5, 0.6) is 17.6 Å². The summed E-state index contributed by atoms with van der Waals surface area (Å²) < 4.78 is 45.2. The van der Waals surface area contributed by atoms with Crippen molar-refractivity contribution in [3.05, 3.63) is 78.1 Å². The van der Waals surface area contributed by atoms with Gasteiger partial charge in [-0.2, -0.15) is 15.1 Å². The van der Waals surface area contributed by atoms with E-state index in [4.69, 9.17) is 14.2 Å². The van der Waals surface area contributed by atoms with Gasteiger partial charge in [0.1, 0.15) is 5.75 Å². The number of nitrogens with zero attached hydrogens (tertiary/aromatic N) is 4. The van der Waals surface area contributed by atoms with Gasteiger partial charge in [0.05, 0.1) is 19.1 Å². The average Bonchev–Trinajstić information content (AvgIpc) is 3.41. The van der Waals surface area contributed by atoms with Gasteiger partial charge in [-0.1, -0.05) is 26.0 Å². The molecule has 0 bridgehead atoms. The molecule has 0 saturated heterocycles. The maximum absolute atomic E-state index is 12.8. The standard InChI is InChI=1S/C26H28N6O6S/c1-17(2)18-5-9-20(10-6-18)38-16-32-14-13-22(30-32)25(33)27-19-7-11-21(12-8-19)39(34,35)31-23-15-24(36-3)29-26(28-23)37-4/h5-15,17H,16H2,1-4H3,(H,27,33)(H,28,29,31). The zero-order chi connectivity index (χ0) is 28.0. The van der Waals surface area contributed by atoms with Crippen molar-refractivity contribution in [2.45, 2.75) is 31.4 Å². The maximum atomic E-state index is 12.8. The third-order valence-corrected chi connectivity index (χ3v) is 6.89. The molecule has 204 valence electrons. The zero-order valence-corrected chi connectivity index (χ0v) is 22.6. The Morgan fingerprint density at radius 1 is 0.974 bits per heavy atom. The minimum atomic E-state index is -3.99. The average molecular weight is 553 g/mol. The molecule has 0 saturated carbocycles. The van der Waals surface area contributed by atoms with E-state index < -0.39 is 15.9 Å². The first-order valence-corrected chi connectivity index (χ1v) is 13.3. The highest BCUT2D eigenvalue weighted by molar-refractivity contribution is 7.92. The van der Waals surface area contributed by atoms with E-state index in [9.17, 15) is 13.2 Å². The van der Waals surface area contributed by atoms with Gasteiger partial charge in [-0.25, -0.2) is 13.1 Å². The first-order chi connectivity index (χ1) is 18.7. The Hall–Kier alpha value is -4.65. The summed E-state index contributed by atoms with van der Waals surface area (Å²) in [6.45, 7) is 4.38. The van der Waals surface area contributed by atoms with Crippen LogP contribution in [0, 0.1) is 0 Å². The largest absolute Gasteiger partial charge is 0.481 e. The van der Waals surface area contributed by atoms with Crippen LogP contribution in [0.1, 0.15) is 35.8 Å². The van der Waals surface area contributed by atoms with Crippen molar-refractivity contribution >= 4 is 27.4 Å². The van der Waals surface area contributed by atoms with E-state index in [0.717, 1.165) is 0 Å². The van der Waals surface area contributed by atoms with Crippen LogP contribution in [-0.2, 0) is 16.8 Å². The van der Waals surface area contributed by atoms with E-state index in [1.54, 1.807) is 12.3 Å². The molecular weight excluding hydrogens is 524 g/mol. The Balaban J connectivity index is 1.35. The number of nitrogens with one attached hydrogen (secondary N) is 2. The second kappa shape index (κ2) is 11.8. The van der Waals surface area contributed by atoms with E-state index in [1.165, 1.54) is 54.8 Å². The van der Waals surface area contributed by atoms with E-state index in [1.807, 2.05) is 24.3 Å². The summed E-state index contributed by atoms with van der Waals surface area (Å²) in [4.78, 5) is 20.5. The molecule has 0 aliphatic heterocycles. The smallest absolute Gasteiger partial charge is 0.321 e. The highest BCUT2D eigenvalue weighted by Gasteiger charge is 2.18. The molecule has 0 spiro atoms. The van der Waals surface area contributed by atoms with Gasteiger partial charge in [-0.05, 0) is 53.9 Å². The van der Waals surface area contributed by atoms with Crippen LogP contribution in [-0.4, -0.2) is 48.3 Å². The van der Waals surface area contributed by atoms with Gasteiger partial charge in [0.25, 0.3) is 15.9 Å². The second-order valence-corrected chi connectivity index (χ2v) is 10.3. The second-order valence-electron chi connectivity index (χ2n) is 8.60. The summed E-state index contributed by atoms with van der Waals surface area (Å²) in [7, 11) is -1.25. The molecule has 0 aliphatic carbocycles. The number of sulfonamides is 1. The molecule has 2 aromatic carbocycles. The van der Waals surface area contributed by atoms with Crippen LogP contribution in [0.15, 0.2) is 71.8 Å². The number of carbonyl (C=O) groups is 1. The van der Waals surface area contributed by atoms with Gasteiger partial charge < -0.3 is 19.5 Å². The molecule has 2 N–H and O–H groups in total. The third-order valence-electron chi connectivity index (χ3n) is 5.52. The summed E-state index contributed by atoms with van der Waals surface area (Å²) in [5, 5.41) is 6.94. The topological polar surface area (TPSA) is 147 Å². The summed E-state index contributed by atoms with van der Waals surface area (Å²) >= 11 is 0.